The van der Waals surface area contributed by atoms with Gasteiger partial charge in [-0.3, -0.25) is 10.1 Å². The Hall–Kier alpha value is -4.34. The largest absolute Gasteiger partial charge is 0.438 e. The second kappa shape index (κ2) is 8.54. The number of nitrogens with zero attached hydrogens (tertiary/aromatic N) is 3. The predicted octanol–water partition coefficient (Wildman–Crippen LogP) is 6.05. The van der Waals surface area contributed by atoms with Crippen LogP contribution < -0.4 is 5.32 Å². The van der Waals surface area contributed by atoms with Gasteiger partial charge in [0.1, 0.15) is 23.2 Å². The van der Waals surface area contributed by atoms with Crippen LogP contribution in [0.3, 0.4) is 0 Å². The van der Waals surface area contributed by atoms with Gasteiger partial charge in [0.05, 0.1) is 4.92 Å². The molecule has 1 aliphatic heterocycles. The van der Waals surface area contributed by atoms with E-state index in [2.05, 4.69) is 10.3 Å². The Morgan fingerprint density at radius 1 is 1.12 bits per heavy atom. The Morgan fingerprint density at radius 2 is 1.91 bits per heavy atom. The third-order valence-electron chi connectivity index (χ3n) is 5.77. The first-order valence-electron chi connectivity index (χ1n) is 10.6. The number of hydrogen-bond acceptors (Lipinski definition) is 5. The highest BCUT2D eigenvalue weighted by Gasteiger charge is 2.33. The van der Waals surface area contributed by atoms with Crippen LogP contribution in [0.25, 0.3) is 22.2 Å². The molecule has 5 rings (SSSR count). The molecule has 2 heterocycles. The molecule has 10 heteroatoms. The molecule has 0 aliphatic carbocycles. The third-order valence-corrected chi connectivity index (χ3v) is 5.77. The first-order valence-corrected chi connectivity index (χ1v) is 10.6. The first kappa shape index (κ1) is 21.5. The Bertz CT molecular complexity index is 1400. The number of nitro benzene ring substituents is 1. The van der Waals surface area contributed by atoms with E-state index in [0.29, 0.717) is 41.2 Å². The molecular formula is C24H18F2N4O4. The topological polar surface area (TPSA) is 102 Å². The van der Waals surface area contributed by atoms with Crippen LogP contribution in [0.5, 0.6) is 0 Å². The fraction of sp³-hybridized carbons (Fsp3) is 0.167. The monoisotopic (exact) mass is 464 g/mol. The number of anilines is 1. The zero-order valence-electron chi connectivity index (χ0n) is 17.7. The van der Waals surface area contributed by atoms with Crippen molar-refractivity contribution in [1.82, 2.24) is 9.88 Å². The normalized spacial score (nSPS) is 15.6. The van der Waals surface area contributed by atoms with Crippen molar-refractivity contribution in [3.8, 4) is 11.1 Å². The van der Waals surface area contributed by atoms with Crippen molar-refractivity contribution in [2.45, 2.75) is 18.9 Å². The van der Waals surface area contributed by atoms with E-state index in [1.54, 1.807) is 23.1 Å². The van der Waals surface area contributed by atoms with Crippen molar-refractivity contribution >= 4 is 28.5 Å². The van der Waals surface area contributed by atoms with Gasteiger partial charge in [0, 0.05) is 36.0 Å². The first-order chi connectivity index (χ1) is 16.4. The minimum Gasteiger partial charge on any atom is -0.438 e. The number of non-ortho nitro benzene ring substituents is 1. The number of aromatic nitrogens is 1. The van der Waals surface area contributed by atoms with Crippen LogP contribution in [0.1, 0.15) is 24.8 Å². The van der Waals surface area contributed by atoms with Gasteiger partial charge in [0.25, 0.3) is 5.69 Å². The summed E-state index contributed by atoms with van der Waals surface area (Å²) in [6.45, 7) is 0.494. The maximum absolute atomic E-state index is 14.2. The average molecular weight is 464 g/mol. The Morgan fingerprint density at radius 3 is 2.65 bits per heavy atom. The van der Waals surface area contributed by atoms with E-state index >= 15 is 0 Å². The highest BCUT2D eigenvalue weighted by Crippen LogP contribution is 2.35. The van der Waals surface area contributed by atoms with E-state index in [9.17, 15) is 23.7 Å². The number of benzene rings is 3. The van der Waals surface area contributed by atoms with Gasteiger partial charge in [0.2, 0.25) is 5.89 Å². The van der Waals surface area contributed by atoms with Gasteiger partial charge in [-0.05, 0) is 54.8 Å². The zero-order chi connectivity index (χ0) is 23.8. The number of likely N-dealkylation sites (tertiary alicyclic amines) is 1. The minimum absolute atomic E-state index is 0.0663. The Kier molecular flexibility index (Phi) is 5.40. The van der Waals surface area contributed by atoms with E-state index in [1.165, 1.54) is 36.4 Å². The van der Waals surface area contributed by atoms with Gasteiger partial charge < -0.3 is 14.6 Å². The molecule has 1 atom stereocenters. The summed E-state index contributed by atoms with van der Waals surface area (Å²) in [4.78, 5) is 29.3. The van der Waals surface area contributed by atoms with Gasteiger partial charge in [-0.15, -0.1) is 0 Å². The lowest BCUT2D eigenvalue weighted by atomic mass is 10.0. The van der Waals surface area contributed by atoms with Crippen LogP contribution in [0.2, 0.25) is 0 Å². The SMILES string of the molecule is O=C(Nc1ccc([N+](=O)[O-])cc1)N1CCC[C@H]1c1nc2cc(-c3ccc(F)cc3F)ccc2o1. The summed E-state index contributed by atoms with van der Waals surface area (Å²) in [7, 11) is 0. The average Bonchev–Trinajstić information content (AvgIpc) is 3.46. The molecule has 0 bridgehead atoms. The fourth-order valence-electron chi connectivity index (χ4n) is 4.11. The highest BCUT2D eigenvalue weighted by atomic mass is 19.1. The molecule has 0 radical (unpaired) electrons. The van der Waals surface area contributed by atoms with E-state index in [-0.39, 0.29) is 17.3 Å². The Labute approximate surface area is 192 Å². The standard InChI is InChI=1S/C24H18F2N4O4/c25-15-4-9-18(19(26)13-15)14-3-10-22-20(12-14)28-23(34-22)21-2-1-11-29(21)24(31)27-16-5-7-17(8-6-16)30(32)33/h3-10,12-13,21H,1-2,11H2,(H,27,31)/t21-/m0/s1. The summed E-state index contributed by atoms with van der Waals surface area (Å²) in [5.41, 5.74) is 2.14. The second-order valence-electron chi connectivity index (χ2n) is 7.94. The van der Waals surface area contributed by atoms with Gasteiger partial charge in [-0.2, -0.15) is 0 Å². The molecule has 0 spiro atoms. The number of nitrogens with one attached hydrogen (secondary N) is 1. The maximum atomic E-state index is 14.2. The van der Waals surface area contributed by atoms with E-state index < -0.39 is 22.6 Å². The lowest BCUT2D eigenvalue weighted by Crippen LogP contribution is -2.34. The molecule has 34 heavy (non-hydrogen) atoms. The molecule has 1 aliphatic rings. The molecule has 3 aromatic carbocycles. The van der Waals surface area contributed by atoms with Crippen molar-refractivity contribution in [3.05, 3.63) is 88.3 Å². The van der Waals surface area contributed by atoms with Gasteiger partial charge in [-0.25, -0.2) is 18.6 Å². The molecular weight excluding hydrogens is 446 g/mol. The summed E-state index contributed by atoms with van der Waals surface area (Å²) in [5, 5.41) is 13.6. The van der Waals surface area contributed by atoms with Crippen LogP contribution in [0.15, 0.2) is 65.1 Å². The molecule has 1 saturated heterocycles. The van der Waals surface area contributed by atoms with Crippen molar-refractivity contribution < 1.29 is 22.9 Å². The smallest absolute Gasteiger partial charge is 0.322 e. The summed E-state index contributed by atoms with van der Waals surface area (Å²) < 4.78 is 33.4. The highest BCUT2D eigenvalue weighted by molar-refractivity contribution is 5.90. The number of amides is 2. The van der Waals surface area contributed by atoms with E-state index in [0.717, 1.165) is 12.5 Å². The number of carbonyl (C=O) groups is 1. The molecule has 1 N–H and O–H groups in total. The van der Waals surface area contributed by atoms with E-state index in [1.807, 2.05) is 0 Å². The minimum atomic E-state index is -0.673. The maximum Gasteiger partial charge on any atom is 0.322 e. The summed E-state index contributed by atoms with van der Waals surface area (Å²) in [6.07, 6.45) is 1.41. The fourth-order valence-corrected chi connectivity index (χ4v) is 4.11. The molecule has 0 unspecified atom stereocenters. The quantitative estimate of drug-likeness (QED) is 0.293. The van der Waals surface area contributed by atoms with Crippen molar-refractivity contribution in [3.63, 3.8) is 0 Å². The van der Waals surface area contributed by atoms with E-state index in [4.69, 9.17) is 4.42 Å². The third kappa shape index (κ3) is 4.05. The van der Waals surface area contributed by atoms with Gasteiger partial charge in [0.15, 0.2) is 5.58 Å². The lowest BCUT2D eigenvalue weighted by molar-refractivity contribution is -0.384. The van der Waals surface area contributed by atoms with Crippen LogP contribution in [0.4, 0.5) is 25.0 Å². The number of carbonyl (C=O) groups excluding carboxylic acids is 1. The number of halogens is 2. The van der Waals surface area contributed by atoms with Gasteiger partial charge in [-0.1, -0.05) is 6.07 Å². The molecule has 1 aromatic heterocycles. The zero-order valence-corrected chi connectivity index (χ0v) is 17.7. The van der Waals surface area contributed by atoms with Crippen molar-refractivity contribution in [1.29, 1.82) is 0 Å². The lowest BCUT2D eigenvalue weighted by Gasteiger charge is -2.22. The van der Waals surface area contributed by atoms with Crippen LogP contribution in [0, 0.1) is 21.7 Å². The number of hydrogen-bond donors (Lipinski definition) is 1. The molecule has 0 saturated carbocycles. The molecule has 172 valence electrons. The summed E-state index contributed by atoms with van der Waals surface area (Å²) in [5.74, 6) is -0.963. The van der Waals surface area contributed by atoms with Crippen LogP contribution >= 0.6 is 0 Å². The number of urea groups is 1. The number of nitro groups is 1. The van der Waals surface area contributed by atoms with Crippen molar-refractivity contribution in [2.75, 3.05) is 11.9 Å². The Balaban J connectivity index is 1.37. The second-order valence-corrected chi connectivity index (χ2v) is 7.94. The summed E-state index contributed by atoms with van der Waals surface area (Å²) >= 11 is 0. The number of fused-ring (bicyclic) bond motifs is 1. The molecule has 8 nitrogen and oxygen atoms in total. The molecule has 1 fully saturated rings. The molecule has 2 amide bonds. The summed E-state index contributed by atoms with van der Waals surface area (Å²) in [6, 6.07) is 13.2. The van der Waals surface area contributed by atoms with Crippen LogP contribution in [-0.4, -0.2) is 27.4 Å². The van der Waals surface area contributed by atoms with Gasteiger partial charge >= 0.3 is 6.03 Å². The number of oxazole rings is 1. The number of rotatable bonds is 4. The van der Waals surface area contributed by atoms with Crippen molar-refractivity contribution in [2.24, 2.45) is 0 Å². The van der Waals surface area contributed by atoms with Crippen LogP contribution in [-0.2, 0) is 0 Å². The predicted molar refractivity (Wildman–Crippen MR) is 120 cm³/mol. The molecule has 4 aromatic rings.